The molecule has 6 heteroatoms. The summed E-state index contributed by atoms with van der Waals surface area (Å²) < 4.78 is 5.16. The van der Waals surface area contributed by atoms with E-state index < -0.39 is 0 Å². The maximum Gasteiger partial charge on any atom is 0.277 e. The molecule has 0 atom stereocenters. The molecule has 0 bridgehead atoms. The van der Waals surface area contributed by atoms with Crippen LogP contribution >= 0.6 is 11.3 Å². The largest absolute Gasteiger partial charge is 0.497 e. The van der Waals surface area contributed by atoms with Crippen LogP contribution in [0.3, 0.4) is 0 Å². The van der Waals surface area contributed by atoms with Crippen LogP contribution in [0.4, 0.5) is 5.69 Å². The van der Waals surface area contributed by atoms with E-state index in [0.717, 1.165) is 10.7 Å². The molecule has 0 aliphatic carbocycles. The molecule has 0 saturated heterocycles. The van der Waals surface area contributed by atoms with Crippen LogP contribution in [0.1, 0.15) is 15.5 Å². The Labute approximate surface area is 122 Å². The van der Waals surface area contributed by atoms with E-state index in [4.69, 9.17) is 10.5 Å². The fourth-order valence-corrected chi connectivity index (χ4v) is 2.54. The highest BCUT2D eigenvalue weighted by molar-refractivity contribution is 7.09. The number of anilines is 1. The fourth-order valence-electron chi connectivity index (χ4n) is 1.76. The van der Waals surface area contributed by atoms with E-state index in [-0.39, 0.29) is 5.91 Å². The molecule has 0 fully saturated rings. The van der Waals surface area contributed by atoms with Crippen LogP contribution < -0.4 is 15.4 Å². The number of ether oxygens (including phenoxy) is 1. The Hall–Kier alpha value is -1.92. The van der Waals surface area contributed by atoms with Crippen LogP contribution in [0, 0.1) is 0 Å². The normalized spacial score (nSPS) is 10.3. The second kappa shape index (κ2) is 6.49. The van der Waals surface area contributed by atoms with Crippen molar-refractivity contribution < 1.29 is 9.53 Å². The number of hydrogen-bond donors (Lipinski definition) is 1. The zero-order valence-corrected chi connectivity index (χ0v) is 12.3. The molecule has 0 spiro atoms. The van der Waals surface area contributed by atoms with Gasteiger partial charge in [0, 0.05) is 30.6 Å². The smallest absolute Gasteiger partial charge is 0.277 e. The minimum absolute atomic E-state index is 0.141. The van der Waals surface area contributed by atoms with Crippen molar-refractivity contribution >= 4 is 22.9 Å². The van der Waals surface area contributed by atoms with Gasteiger partial charge in [0.05, 0.1) is 12.1 Å². The number of nitrogens with two attached hydrogens (primary N) is 1. The first-order valence-corrected chi connectivity index (χ1v) is 7.10. The number of aromatic nitrogens is 1. The molecule has 1 aromatic heterocycles. The Morgan fingerprint density at radius 3 is 3.00 bits per heavy atom. The molecule has 5 nitrogen and oxygen atoms in total. The molecule has 0 unspecified atom stereocenters. The van der Waals surface area contributed by atoms with Gasteiger partial charge in [0.2, 0.25) is 0 Å². The topological polar surface area (TPSA) is 68.5 Å². The Morgan fingerprint density at radius 2 is 2.30 bits per heavy atom. The van der Waals surface area contributed by atoms with E-state index in [0.29, 0.717) is 24.4 Å². The van der Waals surface area contributed by atoms with Crippen LogP contribution in [0.5, 0.6) is 5.75 Å². The van der Waals surface area contributed by atoms with Crippen molar-refractivity contribution in [3.05, 3.63) is 40.3 Å². The van der Waals surface area contributed by atoms with Gasteiger partial charge < -0.3 is 15.4 Å². The lowest BCUT2D eigenvalue weighted by Gasteiger charge is -2.16. The van der Waals surface area contributed by atoms with E-state index in [1.807, 2.05) is 24.3 Å². The summed E-state index contributed by atoms with van der Waals surface area (Å²) >= 11 is 1.46. The molecule has 20 heavy (non-hydrogen) atoms. The molecular formula is C14H17N3O2S. The van der Waals surface area contributed by atoms with Crippen molar-refractivity contribution in [1.29, 1.82) is 0 Å². The van der Waals surface area contributed by atoms with Gasteiger partial charge in [0.15, 0.2) is 0 Å². The van der Waals surface area contributed by atoms with Crippen molar-refractivity contribution in [1.82, 2.24) is 4.98 Å². The second-order valence-electron chi connectivity index (χ2n) is 4.23. The predicted molar refractivity (Wildman–Crippen MR) is 80.6 cm³/mol. The van der Waals surface area contributed by atoms with Crippen molar-refractivity contribution in [3.63, 3.8) is 0 Å². The molecule has 106 valence electrons. The minimum atomic E-state index is -0.141. The van der Waals surface area contributed by atoms with Crippen molar-refractivity contribution in [3.8, 4) is 5.75 Å². The first kappa shape index (κ1) is 14.5. The van der Waals surface area contributed by atoms with Gasteiger partial charge in [-0.25, -0.2) is 4.98 Å². The average Bonchev–Trinajstić information content (AvgIpc) is 2.95. The number of carbonyl (C=O) groups excluding carboxylic acids is 1. The van der Waals surface area contributed by atoms with E-state index >= 15 is 0 Å². The summed E-state index contributed by atoms with van der Waals surface area (Å²) in [6.07, 6.45) is 0.695. The van der Waals surface area contributed by atoms with Crippen LogP contribution in [0.25, 0.3) is 0 Å². The van der Waals surface area contributed by atoms with Gasteiger partial charge in [-0.3, -0.25) is 4.79 Å². The van der Waals surface area contributed by atoms with Crippen LogP contribution in [0.15, 0.2) is 29.6 Å². The first-order chi connectivity index (χ1) is 9.65. The lowest BCUT2D eigenvalue weighted by molar-refractivity contribution is 0.0988. The summed E-state index contributed by atoms with van der Waals surface area (Å²) in [6, 6.07) is 7.35. The van der Waals surface area contributed by atoms with Crippen LogP contribution in [0.2, 0.25) is 0 Å². The average molecular weight is 291 g/mol. The summed E-state index contributed by atoms with van der Waals surface area (Å²) in [5.41, 5.74) is 6.70. The number of thiazole rings is 1. The standard InChI is InChI=1S/C14H17N3O2S/c1-17(10-4-3-5-11(8-10)19-2)14(18)12-9-20-13(16-12)6-7-15/h3-5,8-9H,6-7,15H2,1-2H3. The van der Waals surface area contributed by atoms with Gasteiger partial charge in [-0.05, 0) is 18.7 Å². The number of hydrogen-bond acceptors (Lipinski definition) is 5. The molecule has 0 radical (unpaired) electrons. The lowest BCUT2D eigenvalue weighted by Crippen LogP contribution is -2.26. The maximum absolute atomic E-state index is 12.4. The number of nitrogens with zero attached hydrogens (tertiary/aromatic N) is 2. The van der Waals surface area contributed by atoms with Gasteiger partial charge in [0.1, 0.15) is 11.4 Å². The molecular weight excluding hydrogens is 274 g/mol. The summed E-state index contributed by atoms with van der Waals surface area (Å²) in [6.45, 7) is 0.535. The quantitative estimate of drug-likeness (QED) is 0.914. The van der Waals surface area contributed by atoms with E-state index in [1.54, 1.807) is 24.4 Å². The molecule has 0 aliphatic heterocycles. The fraction of sp³-hybridized carbons (Fsp3) is 0.286. The van der Waals surface area contributed by atoms with Gasteiger partial charge in [-0.2, -0.15) is 0 Å². The zero-order valence-electron chi connectivity index (χ0n) is 11.5. The van der Waals surface area contributed by atoms with E-state index in [1.165, 1.54) is 11.3 Å². The van der Waals surface area contributed by atoms with Gasteiger partial charge >= 0.3 is 0 Å². The molecule has 1 amide bonds. The third-order valence-electron chi connectivity index (χ3n) is 2.87. The Balaban J connectivity index is 2.18. The number of methoxy groups -OCH3 is 1. The van der Waals surface area contributed by atoms with Crippen molar-refractivity contribution in [2.75, 3.05) is 25.6 Å². The summed E-state index contributed by atoms with van der Waals surface area (Å²) in [4.78, 5) is 18.2. The van der Waals surface area contributed by atoms with Crippen LogP contribution in [-0.2, 0) is 6.42 Å². The van der Waals surface area contributed by atoms with E-state index in [9.17, 15) is 4.79 Å². The molecule has 0 aliphatic rings. The minimum Gasteiger partial charge on any atom is -0.497 e. The SMILES string of the molecule is COc1cccc(N(C)C(=O)c2csc(CCN)n2)c1. The third kappa shape index (κ3) is 3.15. The third-order valence-corrected chi connectivity index (χ3v) is 3.78. The summed E-state index contributed by atoms with van der Waals surface area (Å²) in [7, 11) is 3.32. The predicted octanol–water partition coefficient (Wildman–Crippen LogP) is 1.93. The molecule has 2 rings (SSSR count). The second-order valence-corrected chi connectivity index (χ2v) is 5.17. The van der Waals surface area contributed by atoms with Crippen LogP contribution in [-0.4, -0.2) is 31.6 Å². The van der Waals surface area contributed by atoms with Gasteiger partial charge in [-0.15, -0.1) is 11.3 Å². The van der Waals surface area contributed by atoms with Crippen molar-refractivity contribution in [2.24, 2.45) is 5.73 Å². The lowest BCUT2D eigenvalue weighted by atomic mass is 10.2. The molecule has 2 N–H and O–H groups in total. The molecule has 2 aromatic rings. The van der Waals surface area contributed by atoms with Gasteiger partial charge in [0.25, 0.3) is 5.91 Å². The monoisotopic (exact) mass is 291 g/mol. The summed E-state index contributed by atoms with van der Waals surface area (Å²) in [5, 5.41) is 2.65. The summed E-state index contributed by atoms with van der Waals surface area (Å²) in [5.74, 6) is 0.571. The molecule has 1 aromatic carbocycles. The number of carbonyl (C=O) groups is 1. The van der Waals surface area contributed by atoms with E-state index in [2.05, 4.69) is 4.98 Å². The molecule has 1 heterocycles. The highest BCUT2D eigenvalue weighted by atomic mass is 32.1. The molecule has 0 saturated carbocycles. The number of amides is 1. The van der Waals surface area contributed by atoms with Crippen molar-refractivity contribution in [2.45, 2.75) is 6.42 Å². The Kier molecular flexibility index (Phi) is 4.70. The Morgan fingerprint density at radius 1 is 1.50 bits per heavy atom. The highest BCUT2D eigenvalue weighted by Crippen LogP contribution is 2.22. The highest BCUT2D eigenvalue weighted by Gasteiger charge is 2.17. The Bertz CT molecular complexity index is 598. The maximum atomic E-state index is 12.4. The zero-order chi connectivity index (χ0) is 14.5. The number of benzene rings is 1. The van der Waals surface area contributed by atoms with Gasteiger partial charge in [-0.1, -0.05) is 6.07 Å². The first-order valence-electron chi connectivity index (χ1n) is 6.22. The number of rotatable bonds is 5.